The lowest BCUT2D eigenvalue weighted by atomic mass is 10.1. The van der Waals surface area contributed by atoms with Crippen LogP contribution in [0.15, 0.2) is 21.5 Å². The Labute approximate surface area is 127 Å². The fourth-order valence-electron chi connectivity index (χ4n) is 1.86. The van der Waals surface area contributed by atoms with Crippen molar-refractivity contribution >= 4 is 31.9 Å². The van der Waals surface area contributed by atoms with E-state index in [0.29, 0.717) is 22.1 Å². The molecule has 1 aromatic carbocycles. The normalized spacial score (nSPS) is 16.8. The number of rotatable bonds is 4. The molecule has 0 aliphatic heterocycles. The average Bonchev–Trinajstić information content (AvgIpc) is 3.06. The summed E-state index contributed by atoms with van der Waals surface area (Å²) >= 11 is 3.19. The van der Waals surface area contributed by atoms with Crippen LogP contribution in [-0.4, -0.2) is 20.9 Å². The molecule has 0 spiro atoms. The van der Waals surface area contributed by atoms with Crippen LogP contribution in [0.2, 0.25) is 0 Å². The molecular weight excluding hydrogens is 344 g/mol. The Kier molecular flexibility index (Phi) is 3.96. The number of hydrogen-bond donors (Lipinski definition) is 2. The number of primary sulfonamides is 1. The summed E-state index contributed by atoms with van der Waals surface area (Å²) in [5.74, 6) is -0.279. The second kappa shape index (κ2) is 5.13. The number of benzene rings is 1. The van der Waals surface area contributed by atoms with Gasteiger partial charge in [0.05, 0.1) is 4.90 Å². The van der Waals surface area contributed by atoms with Crippen molar-refractivity contribution in [2.75, 3.05) is 6.54 Å². The summed E-state index contributed by atoms with van der Waals surface area (Å²) in [5.41, 5.74) is 1.15. The number of amides is 1. The molecule has 1 aromatic rings. The molecule has 110 valence electrons. The zero-order valence-electron chi connectivity index (χ0n) is 11.4. The Balaban J connectivity index is 2.28. The lowest BCUT2D eigenvalue weighted by Gasteiger charge is -2.12. The van der Waals surface area contributed by atoms with Crippen LogP contribution in [-0.2, 0) is 10.0 Å². The van der Waals surface area contributed by atoms with E-state index in [1.165, 1.54) is 6.07 Å². The monoisotopic (exact) mass is 360 g/mol. The van der Waals surface area contributed by atoms with Crippen molar-refractivity contribution in [1.29, 1.82) is 0 Å². The van der Waals surface area contributed by atoms with Gasteiger partial charge in [-0.05, 0) is 58.8 Å². The maximum Gasteiger partial charge on any atom is 0.251 e. The molecule has 0 heterocycles. The standard InChI is InChI=1S/C13H17BrN2O3S/c1-8-5-9(6-10(11(8)14)20(15,18)19)12(17)16-7-13(2)3-4-13/h5-6H,3-4,7H2,1-2H3,(H,16,17)(H2,15,18,19). The third-order valence-corrected chi connectivity index (χ3v) is 5.82. The number of nitrogens with two attached hydrogens (primary N) is 1. The number of halogens is 1. The van der Waals surface area contributed by atoms with Gasteiger partial charge < -0.3 is 5.32 Å². The number of carbonyl (C=O) groups excluding carboxylic acids is 1. The zero-order chi connectivity index (χ0) is 15.1. The molecule has 1 aliphatic rings. The van der Waals surface area contributed by atoms with Gasteiger partial charge in [0.1, 0.15) is 0 Å². The van der Waals surface area contributed by atoms with Crippen molar-refractivity contribution in [2.24, 2.45) is 10.6 Å². The average molecular weight is 361 g/mol. The second-order valence-electron chi connectivity index (χ2n) is 5.64. The Hall–Kier alpha value is -0.920. The molecule has 0 radical (unpaired) electrons. The van der Waals surface area contributed by atoms with E-state index >= 15 is 0 Å². The minimum atomic E-state index is -3.87. The van der Waals surface area contributed by atoms with Gasteiger partial charge in [0.25, 0.3) is 5.91 Å². The van der Waals surface area contributed by atoms with Crippen LogP contribution in [0.1, 0.15) is 35.7 Å². The first kappa shape index (κ1) is 15.5. The molecule has 0 aromatic heterocycles. The van der Waals surface area contributed by atoms with Crippen molar-refractivity contribution in [3.05, 3.63) is 27.7 Å². The summed E-state index contributed by atoms with van der Waals surface area (Å²) < 4.78 is 23.4. The van der Waals surface area contributed by atoms with Gasteiger partial charge in [0, 0.05) is 16.6 Å². The van der Waals surface area contributed by atoms with E-state index in [2.05, 4.69) is 28.2 Å². The molecule has 1 fully saturated rings. The molecule has 1 amide bonds. The van der Waals surface area contributed by atoms with E-state index in [-0.39, 0.29) is 16.2 Å². The summed E-state index contributed by atoms with van der Waals surface area (Å²) in [6.07, 6.45) is 2.21. The first-order valence-corrected chi connectivity index (χ1v) is 8.57. The first-order valence-electron chi connectivity index (χ1n) is 6.24. The highest BCUT2D eigenvalue weighted by molar-refractivity contribution is 9.10. The molecule has 0 atom stereocenters. The van der Waals surface area contributed by atoms with Crippen molar-refractivity contribution in [1.82, 2.24) is 5.32 Å². The van der Waals surface area contributed by atoms with E-state index < -0.39 is 10.0 Å². The third-order valence-electron chi connectivity index (χ3n) is 3.57. The molecule has 3 N–H and O–H groups in total. The van der Waals surface area contributed by atoms with Gasteiger partial charge in [-0.2, -0.15) is 0 Å². The summed E-state index contributed by atoms with van der Waals surface area (Å²) in [7, 11) is -3.87. The van der Waals surface area contributed by atoms with Crippen LogP contribution >= 0.6 is 15.9 Å². The van der Waals surface area contributed by atoms with Crippen molar-refractivity contribution in [2.45, 2.75) is 31.6 Å². The third kappa shape index (κ3) is 3.39. The van der Waals surface area contributed by atoms with Gasteiger partial charge in [0.15, 0.2) is 0 Å². The first-order chi connectivity index (χ1) is 9.12. The van der Waals surface area contributed by atoms with Gasteiger partial charge >= 0.3 is 0 Å². The van der Waals surface area contributed by atoms with Gasteiger partial charge in [-0.25, -0.2) is 13.6 Å². The smallest absolute Gasteiger partial charge is 0.251 e. The Bertz CT molecular complexity index is 666. The fraction of sp³-hybridized carbons (Fsp3) is 0.462. The predicted octanol–water partition coefficient (Wildman–Crippen LogP) is 1.93. The summed E-state index contributed by atoms with van der Waals surface area (Å²) in [4.78, 5) is 12.0. The molecule has 7 heteroatoms. The van der Waals surface area contributed by atoms with Crippen molar-refractivity contribution in [3.63, 3.8) is 0 Å². The number of sulfonamides is 1. The molecule has 2 rings (SSSR count). The molecule has 0 saturated heterocycles. The molecule has 1 aliphatic carbocycles. The highest BCUT2D eigenvalue weighted by atomic mass is 79.9. The summed E-state index contributed by atoms with van der Waals surface area (Å²) in [6.45, 7) is 4.43. The van der Waals surface area contributed by atoms with Gasteiger partial charge in [-0.3, -0.25) is 4.79 Å². The van der Waals surface area contributed by atoms with E-state index in [0.717, 1.165) is 12.8 Å². The van der Waals surface area contributed by atoms with E-state index in [1.54, 1.807) is 13.0 Å². The quantitative estimate of drug-likeness (QED) is 0.859. The highest BCUT2D eigenvalue weighted by Gasteiger charge is 2.37. The fourth-order valence-corrected chi connectivity index (χ4v) is 3.47. The topological polar surface area (TPSA) is 89.3 Å². The van der Waals surface area contributed by atoms with Crippen LogP contribution in [0.25, 0.3) is 0 Å². The van der Waals surface area contributed by atoms with Gasteiger partial charge in [-0.1, -0.05) is 6.92 Å². The van der Waals surface area contributed by atoms with Crippen LogP contribution in [0.3, 0.4) is 0 Å². The highest BCUT2D eigenvalue weighted by Crippen LogP contribution is 2.44. The molecule has 1 saturated carbocycles. The van der Waals surface area contributed by atoms with E-state index in [4.69, 9.17) is 5.14 Å². The van der Waals surface area contributed by atoms with Gasteiger partial charge in [-0.15, -0.1) is 0 Å². The predicted molar refractivity (Wildman–Crippen MR) is 79.9 cm³/mol. The zero-order valence-corrected chi connectivity index (χ0v) is 13.8. The molecular formula is C13H17BrN2O3S. The molecule has 5 nitrogen and oxygen atoms in total. The Morgan fingerprint density at radius 1 is 1.45 bits per heavy atom. The van der Waals surface area contributed by atoms with Crippen LogP contribution in [0.5, 0.6) is 0 Å². The number of carbonyl (C=O) groups is 1. The number of nitrogens with one attached hydrogen (secondary N) is 1. The number of hydrogen-bond acceptors (Lipinski definition) is 3. The Morgan fingerprint density at radius 3 is 2.55 bits per heavy atom. The Morgan fingerprint density at radius 2 is 2.05 bits per heavy atom. The van der Waals surface area contributed by atoms with Crippen molar-refractivity contribution in [3.8, 4) is 0 Å². The van der Waals surface area contributed by atoms with E-state index in [1.807, 2.05) is 0 Å². The molecule has 0 unspecified atom stereocenters. The maximum atomic E-state index is 12.1. The summed E-state index contributed by atoms with van der Waals surface area (Å²) in [5, 5.41) is 8.00. The van der Waals surface area contributed by atoms with Crippen LogP contribution in [0, 0.1) is 12.3 Å². The molecule has 20 heavy (non-hydrogen) atoms. The summed E-state index contributed by atoms with van der Waals surface area (Å²) in [6, 6.07) is 2.94. The minimum absolute atomic E-state index is 0.0692. The van der Waals surface area contributed by atoms with Crippen LogP contribution < -0.4 is 10.5 Å². The van der Waals surface area contributed by atoms with E-state index in [9.17, 15) is 13.2 Å². The minimum Gasteiger partial charge on any atom is -0.351 e. The lowest BCUT2D eigenvalue weighted by Crippen LogP contribution is -2.29. The van der Waals surface area contributed by atoms with Crippen LogP contribution in [0.4, 0.5) is 0 Å². The number of aryl methyl sites for hydroxylation is 1. The maximum absolute atomic E-state index is 12.1. The molecule has 0 bridgehead atoms. The SMILES string of the molecule is Cc1cc(C(=O)NCC2(C)CC2)cc(S(N)(=O)=O)c1Br. The van der Waals surface area contributed by atoms with Crippen molar-refractivity contribution < 1.29 is 13.2 Å². The largest absolute Gasteiger partial charge is 0.351 e. The second-order valence-corrected chi connectivity index (χ2v) is 7.97. The lowest BCUT2D eigenvalue weighted by molar-refractivity contribution is 0.0946. The van der Waals surface area contributed by atoms with Gasteiger partial charge in [0.2, 0.25) is 10.0 Å².